The van der Waals surface area contributed by atoms with Crippen LogP contribution in [-0.4, -0.2) is 25.3 Å². The number of fused-ring (bicyclic) bond motifs is 2. The van der Waals surface area contributed by atoms with Crippen LogP contribution in [0.15, 0.2) is 73.1 Å². The van der Waals surface area contributed by atoms with E-state index in [4.69, 9.17) is 21.4 Å². The molecule has 0 aliphatic heterocycles. The minimum Gasteiger partial charge on any atom is -0.382 e. The summed E-state index contributed by atoms with van der Waals surface area (Å²) in [6.45, 7) is 0. The van der Waals surface area contributed by atoms with Crippen molar-refractivity contribution in [2.24, 2.45) is 11.7 Å². The lowest BCUT2D eigenvalue weighted by atomic mass is 9.74. The van der Waals surface area contributed by atoms with Crippen molar-refractivity contribution in [1.29, 1.82) is 0 Å². The van der Waals surface area contributed by atoms with Crippen LogP contribution in [0.1, 0.15) is 24.6 Å². The second kappa shape index (κ2) is 7.41. The normalized spacial score (nSPS) is 17.8. The molecule has 3 aromatic heterocycles. The van der Waals surface area contributed by atoms with Crippen LogP contribution in [0.25, 0.3) is 38.9 Å². The molecule has 7 nitrogen and oxygen atoms in total. The molecule has 6 rings (SSSR count). The molecule has 0 radical (unpaired) electrons. The van der Waals surface area contributed by atoms with Crippen LogP contribution < -0.4 is 11.5 Å². The number of hydrogen-bond donors (Lipinski definition) is 2. The predicted molar refractivity (Wildman–Crippen MR) is 128 cm³/mol. The molecule has 7 heteroatoms. The molecule has 1 saturated carbocycles. The molecule has 0 unspecified atom stereocenters. The topological polar surface area (TPSA) is 112 Å². The first kappa shape index (κ1) is 19.4. The second-order valence-corrected chi connectivity index (χ2v) is 8.59. The summed E-state index contributed by atoms with van der Waals surface area (Å²) in [5, 5.41) is 1.05. The summed E-state index contributed by atoms with van der Waals surface area (Å²) in [5.74, 6) is 1.13. The molecule has 1 aliphatic rings. The Balaban J connectivity index is 1.47. The lowest BCUT2D eigenvalue weighted by Gasteiger charge is -2.31. The predicted octanol–water partition coefficient (Wildman–Crippen LogP) is 4.17. The first-order chi connectivity index (χ1) is 16.1. The molecular weight excluding hydrogens is 412 g/mol. The van der Waals surface area contributed by atoms with E-state index >= 15 is 0 Å². The number of nitrogens with two attached hydrogens (primary N) is 2. The number of amides is 1. The lowest BCUT2D eigenvalue weighted by molar-refractivity contribution is -0.124. The maximum atomic E-state index is 11.5. The molecule has 3 heterocycles. The van der Waals surface area contributed by atoms with Crippen molar-refractivity contribution < 1.29 is 4.79 Å². The molecule has 1 amide bonds. The third-order valence-electron chi connectivity index (χ3n) is 6.55. The van der Waals surface area contributed by atoms with Crippen molar-refractivity contribution in [3.05, 3.63) is 78.9 Å². The maximum Gasteiger partial charge on any atom is 0.220 e. The summed E-state index contributed by atoms with van der Waals surface area (Å²) in [6.07, 6.45) is 4.96. The number of nitrogens with zero attached hydrogens (tertiary/aromatic N) is 4. The van der Waals surface area contributed by atoms with Crippen LogP contribution in [0.4, 0.5) is 5.82 Å². The highest BCUT2D eigenvalue weighted by atomic mass is 16.1. The number of aromatic nitrogens is 4. The third kappa shape index (κ3) is 3.20. The van der Waals surface area contributed by atoms with E-state index in [1.165, 1.54) is 0 Å². The first-order valence-corrected chi connectivity index (χ1v) is 11.0. The first-order valence-electron chi connectivity index (χ1n) is 11.0. The van der Waals surface area contributed by atoms with Gasteiger partial charge in [-0.15, -0.1) is 0 Å². The molecule has 0 bridgehead atoms. The van der Waals surface area contributed by atoms with Crippen molar-refractivity contribution in [1.82, 2.24) is 19.4 Å². The van der Waals surface area contributed by atoms with E-state index in [0.29, 0.717) is 18.7 Å². The van der Waals surface area contributed by atoms with Crippen LogP contribution in [-0.2, 0) is 4.79 Å². The van der Waals surface area contributed by atoms with Crippen molar-refractivity contribution >= 4 is 28.1 Å². The Morgan fingerprint density at radius 3 is 2.55 bits per heavy atom. The zero-order chi connectivity index (χ0) is 22.5. The van der Waals surface area contributed by atoms with E-state index in [1.807, 2.05) is 47.0 Å². The summed E-state index contributed by atoms with van der Waals surface area (Å²) < 4.78 is 2.00. The van der Waals surface area contributed by atoms with Gasteiger partial charge in [0.1, 0.15) is 22.9 Å². The highest BCUT2D eigenvalue weighted by molar-refractivity contribution is 5.91. The summed E-state index contributed by atoms with van der Waals surface area (Å²) >= 11 is 0. The number of rotatable bonds is 4. The van der Waals surface area contributed by atoms with Gasteiger partial charge in [-0.05, 0) is 25.0 Å². The summed E-state index contributed by atoms with van der Waals surface area (Å²) in [5.41, 5.74) is 17.1. The van der Waals surface area contributed by atoms with Crippen LogP contribution in [0.2, 0.25) is 0 Å². The van der Waals surface area contributed by atoms with Gasteiger partial charge in [0, 0.05) is 40.7 Å². The number of benzene rings is 2. The Hall–Kier alpha value is -4.26. The van der Waals surface area contributed by atoms with Gasteiger partial charge in [0.2, 0.25) is 5.91 Å². The van der Waals surface area contributed by atoms with Gasteiger partial charge in [-0.2, -0.15) is 0 Å². The van der Waals surface area contributed by atoms with Crippen molar-refractivity contribution in [2.45, 2.75) is 18.8 Å². The molecule has 162 valence electrons. The average Bonchev–Trinajstić information content (AvgIpc) is 3.18. The summed E-state index contributed by atoms with van der Waals surface area (Å²) in [6, 6.07) is 20.4. The molecule has 1 fully saturated rings. The molecule has 33 heavy (non-hydrogen) atoms. The molecule has 0 saturated heterocycles. The monoisotopic (exact) mass is 434 g/mol. The van der Waals surface area contributed by atoms with E-state index in [1.54, 1.807) is 6.20 Å². The van der Waals surface area contributed by atoms with E-state index in [2.05, 4.69) is 29.2 Å². The number of imidazole rings is 1. The molecule has 1 aliphatic carbocycles. The number of anilines is 1. The fraction of sp³-hybridized carbons (Fsp3) is 0.154. The van der Waals surface area contributed by atoms with E-state index < -0.39 is 0 Å². The second-order valence-electron chi connectivity index (χ2n) is 8.59. The zero-order valence-corrected chi connectivity index (χ0v) is 17.8. The van der Waals surface area contributed by atoms with E-state index in [0.717, 1.165) is 44.8 Å². The number of carbonyl (C=O) groups is 1. The Morgan fingerprint density at radius 1 is 0.970 bits per heavy atom. The van der Waals surface area contributed by atoms with Crippen LogP contribution in [0, 0.1) is 5.92 Å². The van der Waals surface area contributed by atoms with Gasteiger partial charge in [-0.25, -0.2) is 15.0 Å². The standard InChI is InChI=1S/C26H22N6O/c27-24-23-22(31-26(32(23)11-10-29-24)19-12-18(13-19)25(28)33)17-7-6-16-8-9-20(30-21(16)14-17)15-4-2-1-3-5-15/h1-11,14,18-19H,12-13H2,(H2,27,29)(H2,28,33)/t18-,19-. The van der Waals surface area contributed by atoms with Crippen LogP contribution in [0.5, 0.6) is 0 Å². The fourth-order valence-corrected chi connectivity index (χ4v) is 4.67. The Kier molecular flexibility index (Phi) is 4.36. The van der Waals surface area contributed by atoms with Gasteiger partial charge < -0.3 is 11.5 Å². The van der Waals surface area contributed by atoms with Crippen LogP contribution >= 0.6 is 0 Å². The van der Waals surface area contributed by atoms with E-state index in [-0.39, 0.29) is 17.7 Å². The smallest absolute Gasteiger partial charge is 0.220 e. The van der Waals surface area contributed by atoms with Gasteiger partial charge >= 0.3 is 0 Å². The Labute approximate surface area is 190 Å². The SMILES string of the molecule is Nc1nccn2c1c(-c1ccc3ccc(-c4ccccc4)nc3c1)nc2[C@H]1C[C@H](C(N)=O)C1. The maximum absolute atomic E-state index is 11.5. The van der Waals surface area contributed by atoms with Gasteiger partial charge in [-0.1, -0.05) is 48.5 Å². The number of hydrogen-bond acceptors (Lipinski definition) is 5. The number of carbonyl (C=O) groups excluding carboxylic acids is 1. The number of pyridine rings is 1. The number of primary amides is 1. The van der Waals surface area contributed by atoms with Gasteiger partial charge in [0.25, 0.3) is 0 Å². The highest BCUT2D eigenvalue weighted by Crippen LogP contribution is 2.43. The third-order valence-corrected chi connectivity index (χ3v) is 6.55. The zero-order valence-electron chi connectivity index (χ0n) is 17.8. The van der Waals surface area contributed by atoms with Gasteiger partial charge in [-0.3, -0.25) is 9.20 Å². The van der Waals surface area contributed by atoms with Crippen molar-refractivity contribution in [2.75, 3.05) is 5.73 Å². The molecule has 0 atom stereocenters. The molecule has 4 N–H and O–H groups in total. The van der Waals surface area contributed by atoms with Crippen molar-refractivity contribution in [3.8, 4) is 22.5 Å². The Morgan fingerprint density at radius 2 is 1.76 bits per heavy atom. The van der Waals surface area contributed by atoms with Gasteiger partial charge in [0.05, 0.1) is 11.2 Å². The average molecular weight is 435 g/mol. The van der Waals surface area contributed by atoms with Gasteiger partial charge in [0.15, 0.2) is 0 Å². The fourth-order valence-electron chi connectivity index (χ4n) is 4.67. The molecule has 0 spiro atoms. The quantitative estimate of drug-likeness (QED) is 0.441. The molecule has 2 aromatic carbocycles. The van der Waals surface area contributed by atoms with Crippen molar-refractivity contribution in [3.63, 3.8) is 0 Å². The molecule has 5 aromatic rings. The lowest BCUT2D eigenvalue weighted by Crippen LogP contribution is -2.34. The Bertz CT molecular complexity index is 1520. The van der Waals surface area contributed by atoms with E-state index in [9.17, 15) is 4.79 Å². The molecular formula is C26H22N6O. The minimum atomic E-state index is -0.247. The highest BCUT2D eigenvalue weighted by Gasteiger charge is 2.37. The summed E-state index contributed by atoms with van der Waals surface area (Å²) in [4.78, 5) is 25.7. The van der Waals surface area contributed by atoms with Crippen LogP contribution in [0.3, 0.4) is 0 Å². The summed E-state index contributed by atoms with van der Waals surface area (Å²) in [7, 11) is 0. The number of nitrogen functional groups attached to an aromatic ring is 1. The minimum absolute atomic E-state index is 0.0914. The largest absolute Gasteiger partial charge is 0.382 e.